The van der Waals surface area contributed by atoms with Crippen LogP contribution in [-0.4, -0.2) is 16.8 Å². The van der Waals surface area contributed by atoms with Gasteiger partial charge in [-0.15, -0.1) is 11.3 Å². The minimum absolute atomic E-state index is 0.266. The Morgan fingerprint density at radius 1 is 0.857 bits per heavy atom. The monoisotopic (exact) mass is 407 g/mol. The second-order valence-corrected chi connectivity index (χ2v) is 7.30. The van der Waals surface area contributed by atoms with E-state index < -0.39 is 0 Å². The van der Waals surface area contributed by atoms with Gasteiger partial charge in [-0.05, 0) is 48.5 Å². The van der Waals surface area contributed by atoms with Crippen molar-refractivity contribution in [1.82, 2.24) is 4.98 Å². The van der Waals surface area contributed by atoms with E-state index in [2.05, 4.69) is 15.6 Å². The Morgan fingerprint density at radius 3 is 2.50 bits per heavy atom. The molecule has 0 aliphatic heterocycles. The van der Waals surface area contributed by atoms with Gasteiger partial charge in [0.25, 0.3) is 11.8 Å². The molecule has 0 radical (unpaired) electrons. The standard InChI is InChI=1S/C21H14ClN3O2S/c22-17-7-2-1-6-16(17)21(27)25-14-5-3-4-13(10-14)20(26)24-15-8-9-18-19(11-15)28-12-23-18/h1-12H,(H,24,26)(H,25,27). The van der Waals surface area contributed by atoms with Crippen LogP contribution in [0, 0.1) is 0 Å². The van der Waals surface area contributed by atoms with E-state index in [0.29, 0.717) is 27.5 Å². The molecule has 2 amide bonds. The zero-order valence-electron chi connectivity index (χ0n) is 14.5. The van der Waals surface area contributed by atoms with Gasteiger partial charge >= 0.3 is 0 Å². The Labute approximate surface area is 170 Å². The molecule has 138 valence electrons. The molecule has 4 aromatic rings. The number of thiazole rings is 1. The number of benzene rings is 3. The number of hydrogen-bond donors (Lipinski definition) is 2. The van der Waals surface area contributed by atoms with Crippen molar-refractivity contribution in [2.75, 3.05) is 10.6 Å². The summed E-state index contributed by atoms with van der Waals surface area (Å²) in [6.45, 7) is 0. The summed E-state index contributed by atoms with van der Waals surface area (Å²) in [4.78, 5) is 29.2. The van der Waals surface area contributed by atoms with E-state index in [1.165, 1.54) is 11.3 Å². The van der Waals surface area contributed by atoms with Crippen molar-refractivity contribution in [3.8, 4) is 0 Å². The predicted octanol–water partition coefficient (Wildman–Crippen LogP) is 5.45. The van der Waals surface area contributed by atoms with Crippen LogP contribution < -0.4 is 10.6 Å². The van der Waals surface area contributed by atoms with Crippen molar-refractivity contribution in [2.24, 2.45) is 0 Å². The lowest BCUT2D eigenvalue weighted by molar-refractivity contribution is 0.101. The number of rotatable bonds is 4. The SMILES string of the molecule is O=C(Nc1ccc2ncsc2c1)c1cccc(NC(=O)c2ccccc2Cl)c1. The maximum atomic E-state index is 12.6. The molecular weight excluding hydrogens is 394 g/mol. The summed E-state index contributed by atoms with van der Waals surface area (Å²) < 4.78 is 0.999. The number of halogens is 1. The Morgan fingerprint density at radius 2 is 1.64 bits per heavy atom. The van der Waals surface area contributed by atoms with Gasteiger partial charge < -0.3 is 10.6 Å². The Hall–Kier alpha value is -3.22. The normalized spacial score (nSPS) is 10.6. The first kappa shape index (κ1) is 18.2. The molecule has 0 atom stereocenters. The summed E-state index contributed by atoms with van der Waals surface area (Å²) in [6.07, 6.45) is 0. The highest BCUT2D eigenvalue weighted by atomic mass is 35.5. The van der Waals surface area contributed by atoms with Gasteiger partial charge in [-0.25, -0.2) is 4.98 Å². The molecule has 0 aliphatic rings. The maximum Gasteiger partial charge on any atom is 0.257 e. The van der Waals surface area contributed by atoms with Crippen molar-refractivity contribution < 1.29 is 9.59 Å². The van der Waals surface area contributed by atoms with Crippen LogP contribution in [0.25, 0.3) is 10.2 Å². The number of fused-ring (bicyclic) bond motifs is 1. The average Bonchev–Trinajstić information content (AvgIpc) is 3.16. The van der Waals surface area contributed by atoms with E-state index in [1.807, 2.05) is 18.2 Å². The van der Waals surface area contributed by atoms with Crippen LogP contribution >= 0.6 is 22.9 Å². The van der Waals surface area contributed by atoms with Crippen LogP contribution in [-0.2, 0) is 0 Å². The molecule has 3 aromatic carbocycles. The van der Waals surface area contributed by atoms with Crippen LogP contribution in [0.5, 0.6) is 0 Å². The van der Waals surface area contributed by atoms with E-state index in [-0.39, 0.29) is 11.8 Å². The Kier molecular flexibility index (Phi) is 5.06. The summed E-state index contributed by atoms with van der Waals surface area (Å²) in [5.41, 5.74) is 4.66. The third-order valence-corrected chi connectivity index (χ3v) is 5.21. The number of carbonyl (C=O) groups is 2. The highest BCUT2D eigenvalue weighted by Gasteiger charge is 2.12. The highest BCUT2D eigenvalue weighted by molar-refractivity contribution is 7.16. The number of anilines is 2. The molecule has 1 heterocycles. The number of amides is 2. The molecule has 5 nitrogen and oxygen atoms in total. The summed E-state index contributed by atoms with van der Waals surface area (Å²) >= 11 is 7.57. The first-order valence-corrected chi connectivity index (χ1v) is 9.66. The zero-order valence-corrected chi connectivity index (χ0v) is 16.1. The molecule has 0 spiro atoms. The van der Waals surface area contributed by atoms with Crippen molar-refractivity contribution in [3.63, 3.8) is 0 Å². The number of nitrogens with one attached hydrogen (secondary N) is 2. The van der Waals surface area contributed by atoms with Crippen LogP contribution in [0.4, 0.5) is 11.4 Å². The van der Waals surface area contributed by atoms with Gasteiger partial charge in [-0.3, -0.25) is 9.59 Å². The molecule has 2 N–H and O–H groups in total. The number of aromatic nitrogens is 1. The summed E-state index contributed by atoms with van der Waals surface area (Å²) in [5, 5.41) is 6.00. The molecule has 0 saturated carbocycles. The fourth-order valence-corrected chi connectivity index (χ4v) is 3.66. The van der Waals surface area contributed by atoms with Gasteiger partial charge in [0.05, 0.1) is 26.3 Å². The van der Waals surface area contributed by atoms with Crippen LogP contribution in [0.3, 0.4) is 0 Å². The zero-order chi connectivity index (χ0) is 19.5. The van der Waals surface area contributed by atoms with E-state index in [4.69, 9.17) is 11.6 Å². The predicted molar refractivity (Wildman–Crippen MR) is 113 cm³/mol. The summed E-state index contributed by atoms with van der Waals surface area (Å²) in [7, 11) is 0. The average molecular weight is 408 g/mol. The molecule has 0 bridgehead atoms. The van der Waals surface area contributed by atoms with Gasteiger partial charge in [0.2, 0.25) is 0 Å². The molecule has 0 saturated heterocycles. The second-order valence-electron chi connectivity index (χ2n) is 6.00. The molecule has 0 aliphatic carbocycles. The van der Waals surface area contributed by atoms with E-state index in [0.717, 1.165) is 10.2 Å². The van der Waals surface area contributed by atoms with Gasteiger partial charge in [0, 0.05) is 16.9 Å². The van der Waals surface area contributed by atoms with E-state index in [9.17, 15) is 9.59 Å². The van der Waals surface area contributed by atoms with E-state index in [1.54, 1.807) is 54.0 Å². The molecular formula is C21H14ClN3O2S. The molecule has 1 aromatic heterocycles. The second kappa shape index (κ2) is 7.80. The number of carbonyl (C=O) groups excluding carboxylic acids is 2. The van der Waals surface area contributed by atoms with Gasteiger partial charge in [-0.1, -0.05) is 29.8 Å². The van der Waals surface area contributed by atoms with Crippen molar-refractivity contribution >= 4 is 56.3 Å². The first-order chi connectivity index (χ1) is 13.6. The molecule has 0 fully saturated rings. The molecule has 28 heavy (non-hydrogen) atoms. The Balaban J connectivity index is 1.50. The third-order valence-electron chi connectivity index (χ3n) is 4.09. The summed E-state index contributed by atoms with van der Waals surface area (Å²) in [5.74, 6) is -0.600. The third kappa shape index (κ3) is 3.88. The largest absolute Gasteiger partial charge is 0.322 e. The number of nitrogens with zero attached hydrogens (tertiary/aromatic N) is 1. The smallest absolute Gasteiger partial charge is 0.257 e. The fraction of sp³-hybridized carbons (Fsp3) is 0. The first-order valence-electron chi connectivity index (χ1n) is 8.41. The van der Waals surface area contributed by atoms with Gasteiger partial charge in [-0.2, -0.15) is 0 Å². The lowest BCUT2D eigenvalue weighted by atomic mass is 10.1. The van der Waals surface area contributed by atoms with Crippen molar-refractivity contribution in [1.29, 1.82) is 0 Å². The topological polar surface area (TPSA) is 71.1 Å². The van der Waals surface area contributed by atoms with Crippen molar-refractivity contribution in [3.05, 3.63) is 88.4 Å². The van der Waals surface area contributed by atoms with Gasteiger partial charge in [0.1, 0.15) is 0 Å². The van der Waals surface area contributed by atoms with Crippen LogP contribution in [0.1, 0.15) is 20.7 Å². The minimum Gasteiger partial charge on any atom is -0.322 e. The minimum atomic E-state index is -0.334. The van der Waals surface area contributed by atoms with Crippen molar-refractivity contribution in [2.45, 2.75) is 0 Å². The molecule has 4 rings (SSSR count). The highest BCUT2D eigenvalue weighted by Crippen LogP contribution is 2.23. The Bertz CT molecular complexity index is 1190. The van der Waals surface area contributed by atoms with Crippen LogP contribution in [0.2, 0.25) is 5.02 Å². The lowest BCUT2D eigenvalue weighted by Gasteiger charge is -2.09. The maximum absolute atomic E-state index is 12.6. The lowest BCUT2D eigenvalue weighted by Crippen LogP contribution is -2.15. The fourth-order valence-electron chi connectivity index (χ4n) is 2.72. The van der Waals surface area contributed by atoms with Crippen LogP contribution in [0.15, 0.2) is 72.2 Å². The molecule has 0 unspecified atom stereocenters. The van der Waals surface area contributed by atoms with Gasteiger partial charge in [0.15, 0.2) is 0 Å². The summed E-state index contributed by atoms with van der Waals surface area (Å²) in [6, 6.07) is 19.1. The number of hydrogen-bond acceptors (Lipinski definition) is 4. The van der Waals surface area contributed by atoms with E-state index >= 15 is 0 Å². The quantitative estimate of drug-likeness (QED) is 0.472. The molecule has 7 heteroatoms.